The number of hydrogen-bond donors (Lipinski definition) is 0. The second-order valence-electron chi connectivity index (χ2n) is 4.71. The van der Waals surface area contributed by atoms with Crippen molar-refractivity contribution < 1.29 is 0 Å². The molecule has 82 valence electrons. The summed E-state index contributed by atoms with van der Waals surface area (Å²) in [6, 6.07) is 2.22. The van der Waals surface area contributed by atoms with Gasteiger partial charge in [0.15, 0.2) is 0 Å². The molecule has 0 N–H and O–H groups in total. The predicted octanol–water partition coefficient (Wildman–Crippen LogP) is 3.46. The Kier molecular flexibility index (Phi) is 3.87. The van der Waals surface area contributed by atoms with E-state index >= 15 is 0 Å². The maximum atomic E-state index is 8.78. The van der Waals surface area contributed by atoms with Crippen LogP contribution in [0.5, 0.6) is 0 Å². The SMILES string of the molecule is CCCc1nc(C(C)(C)C)c(CC#N)s1. The molecule has 2 nitrogen and oxygen atoms in total. The molecule has 0 fully saturated rings. The lowest BCUT2D eigenvalue weighted by Crippen LogP contribution is -2.14. The molecule has 1 rings (SSSR count). The summed E-state index contributed by atoms with van der Waals surface area (Å²) in [6.07, 6.45) is 2.64. The van der Waals surface area contributed by atoms with Crippen molar-refractivity contribution in [3.63, 3.8) is 0 Å². The van der Waals surface area contributed by atoms with Crippen LogP contribution >= 0.6 is 11.3 Å². The van der Waals surface area contributed by atoms with Crippen molar-refractivity contribution in [3.05, 3.63) is 15.6 Å². The quantitative estimate of drug-likeness (QED) is 0.785. The van der Waals surface area contributed by atoms with E-state index in [-0.39, 0.29) is 5.41 Å². The summed E-state index contributed by atoms with van der Waals surface area (Å²) in [4.78, 5) is 5.80. The maximum absolute atomic E-state index is 8.78. The Bertz CT molecular complexity index is 366. The van der Waals surface area contributed by atoms with Crippen LogP contribution in [0.15, 0.2) is 0 Å². The Morgan fingerprint density at radius 2 is 2.07 bits per heavy atom. The molecule has 1 aromatic rings. The summed E-state index contributed by atoms with van der Waals surface area (Å²) in [7, 11) is 0. The second kappa shape index (κ2) is 4.76. The minimum Gasteiger partial charge on any atom is -0.245 e. The van der Waals surface area contributed by atoms with Gasteiger partial charge in [-0.3, -0.25) is 0 Å². The zero-order valence-corrected chi connectivity index (χ0v) is 10.7. The maximum Gasteiger partial charge on any atom is 0.0931 e. The molecule has 0 spiro atoms. The van der Waals surface area contributed by atoms with Gasteiger partial charge in [-0.25, -0.2) is 4.98 Å². The minimum absolute atomic E-state index is 0.0503. The number of nitriles is 1. The lowest BCUT2D eigenvalue weighted by molar-refractivity contribution is 0.565. The summed E-state index contributed by atoms with van der Waals surface area (Å²) in [5.74, 6) is 0. The Hall–Kier alpha value is -0.880. The smallest absolute Gasteiger partial charge is 0.0931 e. The highest BCUT2D eigenvalue weighted by atomic mass is 32.1. The predicted molar refractivity (Wildman–Crippen MR) is 64.1 cm³/mol. The number of aromatic nitrogens is 1. The van der Waals surface area contributed by atoms with Crippen LogP contribution in [0.1, 0.15) is 49.7 Å². The van der Waals surface area contributed by atoms with Gasteiger partial charge < -0.3 is 0 Å². The number of rotatable bonds is 3. The van der Waals surface area contributed by atoms with Crippen LogP contribution in [0.4, 0.5) is 0 Å². The van der Waals surface area contributed by atoms with E-state index in [9.17, 15) is 0 Å². The van der Waals surface area contributed by atoms with Gasteiger partial charge in [0.25, 0.3) is 0 Å². The molecule has 1 aromatic heterocycles. The van der Waals surface area contributed by atoms with Gasteiger partial charge in [0, 0.05) is 10.3 Å². The van der Waals surface area contributed by atoms with Crippen molar-refractivity contribution in [2.75, 3.05) is 0 Å². The van der Waals surface area contributed by atoms with Crippen molar-refractivity contribution in [1.82, 2.24) is 4.98 Å². The average Bonchev–Trinajstić information content (AvgIpc) is 2.49. The van der Waals surface area contributed by atoms with Gasteiger partial charge in [-0.15, -0.1) is 11.3 Å². The molecule has 0 saturated carbocycles. The van der Waals surface area contributed by atoms with Gasteiger partial charge in [-0.05, 0) is 12.8 Å². The van der Waals surface area contributed by atoms with Crippen LogP contribution in [0.25, 0.3) is 0 Å². The molecule has 0 aliphatic heterocycles. The van der Waals surface area contributed by atoms with Crippen molar-refractivity contribution >= 4 is 11.3 Å². The van der Waals surface area contributed by atoms with Crippen LogP contribution < -0.4 is 0 Å². The van der Waals surface area contributed by atoms with E-state index in [2.05, 4.69) is 38.7 Å². The highest BCUT2D eigenvalue weighted by Gasteiger charge is 2.22. The molecule has 0 amide bonds. The van der Waals surface area contributed by atoms with E-state index in [1.165, 1.54) is 5.01 Å². The fourth-order valence-electron chi connectivity index (χ4n) is 1.50. The number of thiazole rings is 1. The third-order valence-corrected chi connectivity index (χ3v) is 3.27. The van der Waals surface area contributed by atoms with Crippen molar-refractivity contribution in [2.45, 2.75) is 52.4 Å². The molecule has 0 aromatic carbocycles. The third kappa shape index (κ3) is 3.04. The topological polar surface area (TPSA) is 36.7 Å². The van der Waals surface area contributed by atoms with Crippen molar-refractivity contribution in [3.8, 4) is 6.07 Å². The fourth-order valence-corrected chi connectivity index (χ4v) is 2.81. The Labute approximate surface area is 96.0 Å². The summed E-state index contributed by atoms with van der Waals surface area (Å²) >= 11 is 1.70. The van der Waals surface area contributed by atoms with E-state index in [1.807, 2.05) is 0 Å². The zero-order chi connectivity index (χ0) is 11.5. The summed E-state index contributed by atoms with van der Waals surface area (Å²) < 4.78 is 0. The monoisotopic (exact) mass is 222 g/mol. The molecule has 3 heteroatoms. The van der Waals surface area contributed by atoms with Gasteiger partial charge in [0.2, 0.25) is 0 Å². The molecule has 0 saturated heterocycles. The number of nitrogens with zero attached hydrogens (tertiary/aromatic N) is 2. The second-order valence-corrected chi connectivity index (χ2v) is 5.88. The summed E-state index contributed by atoms with van der Waals surface area (Å²) in [5, 5.41) is 9.95. The first kappa shape index (κ1) is 12.2. The molecule has 0 aliphatic carbocycles. The Morgan fingerprint density at radius 1 is 1.40 bits per heavy atom. The van der Waals surface area contributed by atoms with Gasteiger partial charge in [0.05, 0.1) is 23.2 Å². The van der Waals surface area contributed by atoms with Crippen LogP contribution in [0.3, 0.4) is 0 Å². The molecule has 15 heavy (non-hydrogen) atoms. The molecule has 0 unspecified atom stereocenters. The molecule has 1 heterocycles. The van der Waals surface area contributed by atoms with Gasteiger partial charge >= 0.3 is 0 Å². The Balaban J connectivity index is 3.07. The first-order chi connectivity index (χ1) is 6.99. The summed E-state index contributed by atoms with van der Waals surface area (Å²) in [6.45, 7) is 8.61. The minimum atomic E-state index is 0.0503. The first-order valence-electron chi connectivity index (χ1n) is 5.35. The highest BCUT2D eigenvalue weighted by molar-refractivity contribution is 7.11. The summed E-state index contributed by atoms with van der Waals surface area (Å²) in [5.41, 5.74) is 1.16. The number of aryl methyl sites for hydroxylation is 1. The first-order valence-corrected chi connectivity index (χ1v) is 6.16. The molecule has 0 atom stereocenters. The largest absolute Gasteiger partial charge is 0.245 e. The van der Waals surface area contributed by atoms with E-state index < -0.39 is 0 Å². The third-order valence-electron chi connectivity index (χ3n) is 2.16. The van der Waals surface area contributed by atoms with Crippen LogP contribution in [-0.4, -0.2) is 4.98 Å². The standard InChI is InChI=1S/C12H18N2S/c1-5-6-10-14-11(12(2,3)4)9(15-10)7-8-13/h5-7H2,1-4H3. The molecule has 0 bridgehead atoms. The average molecular weight is 222 g/mol. The lowest BCUT2D eigenvalue weighted by atomic mass is 9.91. The molecule has 0 radical (unpaired) electrons. The van der Waals surface area contributed by atoms with Crippen LogP contribution in [0, 0.1) is 11.3 Å². The van der Waals surface area contributed by atoms with Crippen LogP contribution in [0.2, 0.25) is 0 Å². The van der Waals surface area contributed by atoms with E-state index in [0.717, 1.165) is 23.4 Å². The van der Waals surface area contributed by atoms with Gasteiger partial charge in [-0.2, -0.15) is 5.26 Å². The van der Waals surface area contributed by atoms with E-state index in [1.54, 1.807) is 11.3 Å². The highest BCUT2D eigenvalue weighted by Crippen LogP contribution is 2.30. The van der Waals surface area contributed by atoms with E-state index in [0.29, 0.717) is 6.42 Å². The molecule has 0 aliphatic rings. The number of hydrogen-bond acceptors (Lipinski definition) is 3. The van der Waals surface area contributed by atoms with Crippen molar-refractivity contribution in [2.24, 2.45) is 0 Å². The Morgan fingerprint density at radius 3 is 2.53 bits per heavy atom. The van der Waals surface area contributed by atoms with Crippen LogP contribution in [-0.2, 0) is 18.3 Å². The van der Waals surface area contributed by atoms with Gasteiger partial charge in [0.1, 0.15) is 0 Å². The lowest BCUT2D eigenvalue weighted by Gasteiger charge is -2.16. The van der Waals surface area contributed by atoms with Crippen molar-refractivity contribution in [1.29, 1.82) is 5.26 Å². The fraction of sp³-hybridized carbons (Fsp3) is 0.667. The molecular formula is C12H18N2S. The normalized spacial score (nSPS) is 11.4. The van der Waals surface area contributed by atoms with Gasteiger partial charge in [-0.1, -0.05) is 27.7 Å². The van der Waals surface area contributed by atoms with E-state index in [4.69, 9.17) is 5.26 Å². The zero-order valence-electron chi connectivity index (χ0n) is 9.92. The molecular weight excluding hydrogens is 204 g/mol.